The van der Waals surface area contributed by atoms with E-state index in [-0.39, 0.29) is 30.9 Å². The maximum absolute atomic E-state index is 14.1. The van der Waals surface area contributed by atoms with E-state index in [1.54, 1.807) is 18.2 Å². The van der Waals surface area contributed by atoms with Crippen LogP contribution in [0, 0.1) is 11.6 Å². The minimum Gasteiger partial charge on any atom is -0.481 e. The van der Waals surface area contributed by atoms with Gasteiger partial charge in [0.05, 0.1) is 31.4 Å². The molecular weight excluding hydrogens is 330 g/mol. The molecule has 0 bridgehead atoms. The Kier molecular flexibility index (Phi) is 4.94. The van der Waals surface area contributed by atoms with Crippen molar-refractivity contribution in [2.75, 3.05) is 13.7 Å². The van der Waals surface area contributed by atoms with Gasteiger partial charge in [0.1, 0.15) is 11.6 Å². The summed E-state index contributed by atoms with van der Waals surface area (Å²) in [6.07, 6.45) is -0.635. The quantitative estimate of drug-likeness (QED) is 0.921. The third-order valence-electron chi connectivity index (χ3n) is 4.24. The van der Waals surface area contributed by atoms with Gasteiger partial charge in [0, 0.05) is 18.2 Å². The molecule has 1 N–H and O–H groups in total. The number of nitrogens with zero attached hydrogens (tertiary/aromatic N) is 2. The van der Waals surface area contributed by atoms with Crippen molar-refractivity contribution in [1.29, 1.82) is 0 Å². The van der Waals surface area contributed by atoms with E-state index >= 15 is 0 Å². The summed E-state index contributed by atoms with van der Waals surface area (Å²) in [4.78, 5) is 18.2. The molecule has 0 aliphatic carbocycles. The number of rotatable bonds is 4. The summed E-state index contributed by atoms with van der Waals surface area (Å²) < 4.78 is 32.6. The van der Waals surface area contributed by atoms with Crippen LogP contribution in [0.1, 0.15) is 23.7 Å². The van der Waals surface area contributed by atoms with E-state index in [9.17, 15) is 18.7 Å². The van der Waals surface area contributed by atoms with E-state index in [1.165, 1.54) is 12.0 Å². The topological polar surface area (TPSA) is 62.7 Å². The molecule has 7 heteroatoms. The average Bonchev–Trinajstić information content (AvgIpc) is 2.99. The summed E-state index contributed by atoms with van der Waals surface area (Å²) >= 11 is 0. The predicted molar refractivity (Wildman–Crippen MR) is 85.9 cm³/mol. The van der Waals surface area contributed by atoms with E-state index in [1.807, 2.05) is 0 Å². The molecule has 1 aliphatic rings. The van der Waals surface area contributed by atoms with Crippen LogP contribution in [0.25, 0.3) is 0 Å². The normalized spacial score (nSPS) is 19.9. The summed E-state index contributed by atoms with van der Waals surface area (Å²) in [5.41, 5.74) is 0.577. The molecule has 132 valence electrons. The standard InChI is InChI=1S/C18H18F2N2O3/c1-25-17-4-2-3-12(21-17)8-18(24)22-10-13(23)9-16(22)14-7-11(19)5-6-15(14)20/h2-7,13,16,23H,8-10H2,1H3. The number of pyridine rings is 1. The first-order chi connectivity index (χ1) is 12.0. The lowest BCUT2D eigenvalue weighted by molar-refractivity contribution is -0.131. The first-order valence-electron chi connectivity index (χ1n) is 7.90. The number of aliphatic hydroxyl groups excluding tert-OH is 1. The molecule has 1 fully saturated rings. The number of amides is 1. The number of carbonyl (C=O) groups excluding carboxylic acids is 1. The Labute approximate surface area is 143 Å². The van der Waals surface area contributed by atoms with Gasteiger partial charge in [-0.15, -0.1) is 0 Å². The largest absolute Gasteiger partial charge is 0.481 e. The molecule has 1 aromatic heterocycles. The van der Waals surface area contributed by atoms with Crippen molar-refractivity contribution >= 4 is 5.91 Å². The van der Waals surface area contributed by atoms with Crippen LogP contribution in [-0.2, 0) is 11.2 Å². The van der Waals surface area contributed by atoms with Gasteiger partial charge < -0.3 is 14.7 Å². The van der Waals surface area contributed by atoms with Gasteiger partial charge >= 0.3 is 0 Å². The molecule has 3 rings (SSSR count). The maximum Gasteiger partial charge on any atom is 0.229 e. The zero-order chi connectivity index (χ0) is 18.0. The molecule has 5 nitrogen and oxygen atoms in total. The van der Waals surface area contributed by atoms with Gasteiger partial charge in [-0.3, -0.25) is 4.79 Å². The molecule has 2 heterocycles. The van der Waals surface area contributed by atoms with Crippen LogP contribution in [0.3, 0.4) is 0 Å². The van der Waals surface area contributed by atoms with Crippen molar-refractivity contribution < 1.29 is 23.4 Å². The summed E-state index contributed by atoms with van der Waals surface area (Å²) in [5, 5.41) is 9.94. The maximum atomic E-state index is 14.1. The number of carbonyl (C=O) groups is 1. The fourth-order valence-electron chi connectivity index (χ4n) is 3.08. The second-order valence-electron chi connectivity index (χ2n) is 5.97. The van der Waals surface area contributed by atoms with Gasteiger partial charge in [0.15, 0.2) is 0 Å². The number of halogens is 2. The lowest BCUT2D eigenvalue weighted by atomic mass is 10.0. The Hall–Kier alpha value is -2.54. The number of ether oxygens (including phenoxy) is 1. The summed E-state index contributed by atoms with van der Waals surface area (Å²) in [5.74, 6) is -1.11. The fraction of sp³-hybridized carbons (Fsp3) is 0.333. The van der Waals surface area contributed by atoms with Crippen LogP contribution in [-0.4, -0.2) is 40.7 Å². The predicted octanol–water partition coefficient (Wildman–Crippen LogP) is 2.25. The Bertz CT molecular complexity index is 785. The molecule has 0 saturated carbocycles. The highest BCUT2D eigenvalue weighted by Crippen LogP contribution is 2.34. The van der Waals surface area contributed by atoms with Gasteiger partial charge in [-0.05, 0) is 30.7 Å². The molecule has 2 unspecified atom stereocenters. The third kappa shape index (κ3) is 3.76. The lowest BCUT2D eigenvalue weighted by Gasteiger charge is -2.25. The van der Waals surface area contributed by atoms with Gasteiger partial charge in [-0.1, -0.05) is 6.07 Å². The average molecular weight is 348 g/mol. The number of hydrogen-bond acceptors (Lipinski definition) is 4. The molecule has 1 saturated heterocycles. The SMILES string of the molecule is COc1cccc(CC(=O)N2CC(O)CC2c2cc(F)ccc2F)n1. The van der Waals surface area contributed by atoms with Crippen LogP contribution < -0.4 is 4.74 Å². The number of likely N-dealkylation sites (tertiary alicyclic amines) is 1. The van der Waals surface area contributed by atoms with Crippen molar-refractivity contribution in [3.8, 4) is 5.88 Å². The highest BCUT2D eigenvalue weighted by atomic mass is 19.1. The zero-order valence-electron chi connectivity index (χ0n) is 13.7. The molecule has 2 atom stereocenters. The first kappa shape index (κ1) is 17.3. The number of hydrogen-bond donors (Lipinski definition) is 1. The van der Waals surface area contributed by atoms with E-state index in [0.29, 0.717) is 11.6 Å². The third-order valence-corrected chi connectivity index (χ3v) is 4.24. The molecule has 1 aromatic carbocycles. The number of β-amino-alcohol motifs (C(OH)–C–C–N with tert-alkyl or cyclic N) is 1. The molecule has 2 aromatic rings. The Balaban J connectivity index is 1.83. The van der Waals surface area contributed by atoms with Gasteiger partial charge in [0.2, 0.25) is 11.8 Å². The minimum absolute atomic E-state index is 0.0165. The minimum atomic E-state index is -0.783. The number of benzene rings is 1. The number of aliphatic hydroxyl groups is 1. The van der Waals surface area contributed by atoms with E-state index in [2.05, 4.69) is 4.98 Å². The van der Waals surface area contributed by atoms with E-state index in [4.69, 9.17) is 4.74 Å². The second kappa shape index (κ2) is 7.14. The smallest absolute Gasteiger partial charge is 0.229 e. The summed E-state index contributed by atoms with van der Waals surface area (Å²) in [7, 11) is 1.48. The lowest BCUT2D eigenvalue weighted by Crippen LogP contribution is -2.33. The van der Waals surface area contributed by atoms with Gasteiger partial charge in [-0.2, -0.15) is 0 Å². The molecule has 1 amide bonds. The number of methoxy groups -OCH3 is 1. The highest BCUT2D eigenvalue weighted by molar-refractivity contribution is 5.79. The molecule has 25 heavy (non-hydrogen) atoms. The molecule has 1 aliphatic heterocycles. The van der Waals surface area contributed by atoms with Crippen molar-refractivity contribution in [3.63, 3.8) is 0 Å². The van der Waals surface area contributed by atoms with E-state index in [0.717, 1.165) is 18.2 Å². The van der Waals surface area contributed by atoms with Crippen LogP contribution >= 0.6 is 0 Å². The monoisotopic (exact) mass is 348 g/mol. The molecule has 0 radical (unpaired) electrons. The van der Waals surface area contributed by atoms with Crippen LogP contribution in [0.2, 0.25) is 0 Å². The first-order valence-corrected chi connectivity index (χ1v) is 7.90. The number of aromatic nitrogens is 1. The van der Waals surface area contributed by atoms with E-state index < -0.39 is 23.8 Å². The van der Waals surface area contributed by atoms with Crippen molar-refractivity contribution in [3.05, 3.63) is 59.3 Å². The molecule has 0 spiro atoms. The second-order valence-corrected chi connectivity index (χ2v) is 5.97. The van der Waals surface area contributed by atoms with Gasteiger partial charge in [0.25, 0.3) is 0 Å². The van der Waals surface area contributed by atoms with Crippen molar-refractivity contribution in [1.82, 2.24) is 9.88 Å². The Morgan fingerprint density at radius 2 is 2.16 bits per heavy atom. The van der Waals surface area contributed by atoms with Crippen molar-refractivity contribution in [2.45, 2.75) is 25.0 Å². The Morgan fingerprint density at radius 1 is 1.36 bits per heavy atom. The van der Waals surface area contributed by atoms with Crippen LogP contribution in [0.4, 0.5) is 8.78 Å². The van der Waals surface area contributed by atoms with Crippen LogP contribution in [0.15, 0.2) is 36.4 Å². The summed E-state index contributed by atoms with van der Waals surface area (Å²) in [6, 6.07) is 7.49. The molecular formula is C18H18F2N2O3. The fourth-order valence-corrected chi connectivity index (χ4v) is 3.08. The summed E-state index contributed by atoms with van der Waals surface area (Å²) in [6.45, 7) is 0.0728. The van der Waals surface area contributed by atoms with Crippen molar-refractivity contribution in [2.24, 2.45) is 0 Å². The zero-order valence-corrected chi connectivity index (χ0v) is 13.7. The Morgan fingerprint density at radius 3 is 2.92 bits per heavy atom. The van der Waals surface area contributed by atoms with Gasteiger partial charge in [-0.25, -0.2) is 13.8 Å². The highest BCUT2D eigenvalue weighted by Gasteiger charge is 2.36. The van der Waals surface area contributed by atoms with Crippen LogP contribution in [0.5, 0.6) is 5.88 Å².